The van der Waals surface area contributed by atoms with Crippen molar-refractivity contribution in [3.8, 4) is 0 Å². The minimum absolute atomic E-state index is 0.0139. The zero-order valence-electron chi connectivity index (χ0n) is 18.4. The van der Waals surface area contributed by atoms with Gasteiger partial charge < -0.3 is 15.0 Å². The van der Waals surface area contributed by atoms with Gasteiger partial charge in [-0.1, -0.05) is 50.6 Å². The molecule has 5 nitrogen and oxygen atoms in total. The highest BCUT2D eigenvalue weighted by Gasteiger charge is 2.30. The standard InChI is InChI=1S/C24H38N2O3/c1-4-19(2)17-22(29-3)18-24(28)26-16-8-11-21(26)12-13-23(27)25-15-14-20-9-6-5-7-10-20/h5-7,9-10,19,21-22H,4,8,11-18H2,1-3H3,(H,25,27). The number of likely N-dealkylation sites (tertiary alicyclic amines) is 1. The second kappa shape index (κ2) is 12.6. The maximum Gasteiger partial charge on any atom is 0.225 e. The van der Waals surface area contributed by atoms with Gasteiger partial charge in [0.15, 0.2) is 0 Å². The summed E-state index contributed by atoms with van der Waals surface area (Å²) in [7, 11) is 1.70. The molecule has 162 valence electrons. The number of carbonyl (C=O) groups excluding carboxylic acids is 2. The maximum atomic E-state index is 12.8. The summed E-state index contributed by atoms with van der Waals surface area (Å²) in [5, 5.41) is 3.01. The van der Waals surface area contributed by atoms with Gasteiger partial charge in [0.25, 0.3) is 0 Å². The lowest BCUT2D eigenvalue weighted by atomic mass is 9.98. The smallest absolute Gasteiger partial charge is 0.225 e. The molecule has 3 unspecified atom stereocenters. The average Bonchev–Trinajstić information content (AvgIpc) is 3.21. The zero-order valence-corrected chi connectivity index (χ0v) is 18.4. The third kappa shape index (κ3) is 8.17. The Kier molecular flexibility index (Phi) is 10.2. The van der Waals surface area contributed by atoms with Gasteiger partial charge in [-0.05, 0) is 43.6 Å². The van der Waals surface area contributed by atoms with Crippen molar-refractivity contribution < 1.29 is 14.3 Å². The number of amides is 2. The quantitative estimate of drug-likeness (QED) is 0.576. The molecular formula is C24H38N2O3. The molecule has 1 aliphatic heterocycles. The molecule has 1 saturated heterocycles. The molecule has 1 heterocycles. The molecule has 0 spiro atoms. The van der Waals surface area contributed by atoms with Gasteiger partial charge in [0, 0.05) is 32.7 Å². The second-order valence-electron chi connectivity index (χ2n) is 8.32. The zero-order chi connectivity index (χ0) is 21.1. The topological polar surface area (TPSA) is 58.6 Å². The van der Waals surface area contributed by atoms with Crippen LogP contribution >= 0.6 is 0 Å². The van der Waals surface area contributed by atoms with Crippen molar-refractivity contribution >= 4 is 11.8 Å². The van der Waals surface area contributed by atoms with Crippen molar-refractivity contribution in [3.63, 3.8) is 0 Å². The van der Waals surface area contributed by atoms with E-state index in [2.05, 4.69) is 31.3 Å². The van der Waals surface area contributed by atoms with Crippen molar-refractivity contribution in [2.75, 3.05) is 20.2 Å². The molecule has 0 aliphatic carbocycles. The number of hydrogen-bond acceptors (Lipinski definition) is 3. The number of carbonyl (C=O) groups is 2. The number of nitrogens with zero attached hydrogens (tertiary/aromatic N) is 1. The van der Waals surface area contributed by atoms with E-state index < -0.39 is 0 Å². The summed E-state index contributed by atoms with van der Waals surface area (Å²) < 4.78 is 5.56. The number of methoxy groups -OCH3 is 1. The van der Waals surface area contributed by atoms with Crippen molar-refractivity contribution in [3.05, 3.63) is 35.9 Å². The van der Waals surface area contributed by atoms with Gasteiger partial charge >= 0.3 is 0 Å². The van der Waals surface area contributed by atoms with Gasteiger partial charge in [0.1, 0.15) is 0 Å². The lowest BCUT2D eigenvalue weighted by Crippen LogP contribution is -2.38. The monoisotopic (exact) mass is 402 g/mol. The summed E-state index contributed by atoms with van der Waals surface area (Å²) in [5.41, 5.74) is 1.23. The predicted molar refractivity (Wildman–Crippen MR) is 117 cm³/mol. The summed E-state index contributed by atoms with van der Waals surface area (Å²) in [6.45, 7) is 5.83. The second-order valence-corrected chi connectivity index (χ2v) is 8.32. The SMILES string of the molecule is CCC(C)CC(CC(=O)N1CCCC1CCC(=O)NCCc1ccccc1)OC. The minimum atomic E-state index is -0.0139. The molecule has 3 atom stereocenters. The lowest BCUT2D eigenvalue weighted by molar-refractivity contribution is -0.135. The highest BCUT2D eigenvalue weighted by Crippen LogP contribution is 2.24. The number of ether oxygens (including phenoxy) is 1. The van der Waals surface area contributed by atoms with Crippen LogP contribution in [0.25, 0.3) is 0 Å². The summed E-state index contributed by atoms with van der Waals surface area (Å²) in [6.07, 6.45) is 6.52. The highest BCUT2D eigenvalue weighted by molar-refractivity contribution is 5.78. The van der Waals surface area contributed by atoms with Crippen LogP contribution in [0.4, 0.5) is 0 Å². The fourth-order valence-corrected chi connectivity index (χ4v) is 4.03. The predicted octanol–water partition coefficient (Wildman–Crippen LogP) is 3.96. The van der Waals surface area contributed by atoms with Crippen LogP contribution in [0.5, 0.6) is 0 Å². The first kappa shape index (κ1) is 23.4. The van der Waals surface area contributed by atoms with Crippen LogP contribution < -0.4 is 5.32 Å². The molecule has 2 amide bonds. The molecule has 1 fully saturated rings. The number of rotatable bonds is 12. The van der Waals surface area contributed by atoms with Crippen LogP contribution in [0.3, 0.4) is 0 Å². The van der Waals surface area contributed by atoms with E-state index in [0.717, 1.165) is 45.1 Å². The summed E-state index contributed by atoms with van der Waals surface area (Å²) in [4.78, 5) is 27.0. The third-order valence-corrected chi connectivity index (χ3v) is 6.08. The number of nitrogens with one attached hydrogen (secondary N) is 1. The van der Waals surface area contributed by atoms with Crippen LogP contribution in [-0.2, 0) is 20.7 Å². The Bertz CT molecular complexity index is 620. The Morgan fingerprint density at radius 2 is 2.03 bits per heavy atom. The molecule has 29 heavy (non-hydrogen) atoms. The molecule has 0 radical (unpaired) electrons. The highest BCUT2D eigenvalue weighted by atomic mass is 16.5. The van der Waals surface area contributed by atoms with E-state index in [-0.39, 0.29) is 24.0 Å². The maximum absolute atomic E-state index is 12.8. The molecule has 1 N–H and O–H groups in total. The van der Waals surface area contributed by atoms with E-state index in [1.54, 1.807) is 7.11 Å². The Morgan fingerprint density at radius 1 is 1.28 bits per heavy atom. The fourth-order valence-electron chi connectivity index (χ4n) is 4.03. The lowest BCUT2D eigenvalue weighted by Gasteiger charge is -2.27. The minimum Gasteiger partial charge on any atom is -0.381 e. The van der Waals surface area contributed by atoms with Crippen molar-refractivity contribution in [1.29, 1.82) is 0 Å². The molecule has 1 aliphatic rings. The van der Waals surface area contributed by atoms with Gasteiger partial charge in [-0.25, -0.2) is 0 Å². The van der Waals surface area contributed by atoms with Gasteiger partial charge in [0.05, 0.1) is 12.5 Å². The van der Waals surface area contributed by atoms with E-state index in [9.17, 15) is 9.59 Å². The Morgan fingerprint density at radius 3 is 2.72 bits per heavy atom. The van der Waals surface area contributed by atoms with Gasteiger partial charge in [-0.3, -0.25) is 9.59 Å². The van der Waals surface area contributed by atoms with E-state index >= 15 is 0 Å². The fraction of sp³-hybridized carbons (Fsp3) is 0.667. The first-order valence-electron chi connectivity index (χ1n) is 11.2. The van der Waals surface area contributed by atoms with Gasteiger partial charge in [-0.15, -0.1) is 0 Å². The van der Waals surface area contributed by atoms with Crippen LogP contribution in [0, 0.1) is 5.92 Å². The summed E-state index contributed by atoms with van der Waals surface area (Å²) in [6, 6.07) is 10.4. The van der Waals surface area contributed by atoms with E-state index in [4.69, 9.17) is 4.74 Å². The first-order valence-corrected chi connectivity index (χ1v) is 11.2. The Labute approximate surface area is 176 Å². The van der Waals surface area contributed by atoms with Crippen LogP contribution in [-0.4, -0.2) is 49.1 Å². The van der Waals surface area contributed by atoms with Crippen LogP contribution in [0.2, 0.25) is 0 Å². The average molecular weight is 403 g/mol. The number of benzene rings is 1. The normalized spacial score (nSPS) is 18.4. The Balaban J connectivity index is 1.72. The summed E-state index contributed by atoms with van der Waals surface area (Å²) in [5.74, 6) is 0.806. The summed E-state index contributed by atoms with van der Waals surface area (Å²) >= 11 is 0. The number of hydrogen-bond donors (Lipinski definition) is 1. The van der Waals surface area contributed by atoms with E-state index in [1.807, 2.05) is 23.1 Å². The van der Waals surface area contributed by atoms with Gasteiger partial charge in [0.2, 0.25) is 11.8 Å². The van der Waals surface area contributed by atoms with Crippen molar-refractivity contribution in [1.82, 2.24) is 10.2 Å². The van der Waals surface area contributed by atoms with Crippen LogP contribution in [0.1, 0.15) is 64.4 Å². The first-order chi connectivity index (χ1) is 14.0. The third-order valence-electron chi connectivity index (χ3n) is 6.08. The largest absolute Gasteiger partial charge is 0.381 e. The van der Waals surface area contributed by atoms with Crippen molar-refractivity contribution in [2.45, 2.75) is 77.4 Å². The molecule has 0 bridgehead atoms. The molecule has 1 aromatic carbocycles. The Hall–Kier alpha value is -1.88. The molecule has 2 rings (SSSR count). The molecule has 5 heteroatoms. The molecular weight excluding hydrogens is 364 g/mol. The van der Waals surface area contributed by atoms with E-state index in [0.29, 0.717) is 25.3 Å². The van der Waals surface area contributed by atoms with E-state index in [1.165, 1.54) is 5.56 Å². The van der Waals surface area contributed by atoms with Crippen molar-refractivity contribution in [2.24, 2.45) is 5.92 Å². The van der Waals surface area contributed by atoms with Gasteiger partial charge in [-0.2, -0.15) is 0 Å². The van der Waals surface area contributed by atoms with Crippen LogP contribution in [0.15, 0.2) is 30.3 Å². The molecule has 1 aromatic rings. The molecule has 0 saturated carbocycles. The molecule has 0 aromatic heterocycles.